The maximum absolute atomic E-state index is 11.2. The number of aliphatic carboxylic acids is 1. The predicted molar refractivity (Wildman–Crippen MR) is 70.1 cm³/mol. The molecule has 0 saturated carbocycles. The first kappa shape index (κ1) is 14.9. The molecule has 2 N–H and O–H groups in total. The van der Waals surface area contributed by atoms with Crippen molar-refractivity contribution in [2.75, 3.05) is 5.32 Å². The maximum Gasteiger partial charge on any atom is 0.326 e. The normalized spacial score (nSPS) is 13.6. The molecule has 0 spiro atoms. The molecule has 7 nitrogen and oxygen atoms in total. The highest BCUT2D eigenvalue weighted by Gasteiger charge is 2.24. The van der Waals surface area contributed by atoms with Crippen LogP contribution in [-0.4, -0.2) is 27.0 Å². The van der Waals surface area contributed by atoms with Gasteiger partial charge in [-0.25, -0.2) is 9.78 Å². The Balaban J connectivity index is 2.95. The van der Waals surface area contributed by atoms with Gasteiger partial charge in [0.25, 0.3) is 5.69 Å². The van der Waals surface area contributed by atoms with Crippen molar-refractivity contribution < 1.29 is 14.8 Å². The lowest BCUT2D eigenvalue weighted by molar-refractivity contribution is -0.385. The third-order valence-corrected chi connectivity index (χ3v) is 3.06. The zero-order valence-electron chi connectivity index (χ0n) is 11.1. The largest absolute Gasteiger partial charge is 0.480 e. The number of nitrogens with one attached hydrogen (secondary N) is 1. The van der Waals surface area contributed by atoms with Gasteiger partial charge in [0.1, 0.15) is 18.1 Å². The van der Waals surface area contributed by atoms with E-state index in [-0.39, 0.29) is 11.6 Å². The average Bonchev–Trinajstić information content (AvgIpc) is 2.34. The molecule has 104 valence electrons. The molecule has 7 heteroatoms. The molecule has 0 saturated heterocycles. The highest BCUT2D eigenvalue weighted by molar-refractivity contribution is 5.77. The lowest BCUT2D eigenvalue weighted by atomic mass is 9.99. The zero-order valence-corrected chi connectivity index (χ0v) is 11.1. The van der Waals surface area contributed by atoms with E-state index in [1.807, 2.05) is 13.8 Å². The minimum atomic E-state index is -0.966. The van der Waals surface area contributed by atoms with E-state index >= 15 is 0 Å². The van der Waals surface area contributed by atoms with E-state index in [9.17, 15) is 14.9 Å². The molecular weight excluding hydrogens is 250 g/mol. The number of carboxylic acids is 1. The monoisotopic (exact) mass is 267 g/mol. The van der Waals surface area contributed by atoms with Crippen LogP contribution in [0, 0.1) is 23.0 Å². The minimum Gasteiger partial charge on any atom is -0.480 e. The van der Waals surface area contributed by atoms with Crippen LogP contribution in [0.2, 0.25) is 0 Å². The van der Waals surface area contributed by atoms with Gasteiger partial charge in [-0.15, -0.1) is 0 Å². The van der Waals surface area contributed by atoms with Crippen molar-refractivity contribution >= 4 is 17.5 Å². The standard InChI is InChI=1S/C12H17N3O4/c1-4-7(2)11(12(16)17)14-10-5-8(3)9(6-13-10)15(18)19/h5-7,11H,4H2,1-3H3,(H,13,14)(H,16,17)/t7-,11-/m0/s1. The number of anilines is 1. The SMILES string of the molecule is CC[C@H](C)[C@H](Nc1cc(C)c([N+](=O)[O-])cn1)C(=O)O. The zero-order chi connectivity index (χ0) is 14.6. The molecule has 0 radical (unpaired) electrons. The summed E-state index contributed by atoms with van der Waals surface area (Å²) < 4.78 is 0. The van der Waals surface area contributed by atoms with Crippen LogP contribution in [0.25, 0.3) is 0 Å². The number of hydrogen-bond acceptors (Lipinski definition) is 5. The Kier molecular flexibility index (Phi) is 4.80. The van der Waals surface area contributed by atoms with E-state index in [1.165, 1.54) is 6.07 Å². The summed E-state index contributed by atoms with van der Waals surface area (Å²) in [5.41, 5.74) is 0.358. The second-order valence-electron chi connectivity index (χ2n) is 4.46. The summed E-state index contributed by atoms with van der Waals surface area (Å²) in [5, 5.41) is 22.6. The molecule has 1 heterocycles. The Morgan fingerprint density at radius 3 is 2.68 bits per heavy atom. The van der Waals surface area contributed by atoms with Crippen molar-refractivity contribution in [3.8, 4) is 0 Å². The molecule has 1 rings (SSSR count). The number of nitro groups is 1. The molecule has 0 fully saturated rings. The van der Waals surface area contributed by atoms with Crippen molar-refractivity contribution in [3.63, 3.8) is 0 Å². The minimum absolute atomic E-state index is 0.0743. The van der Waals surface area contributed by atoms with Crippen LogP contribution in [0.15, 0.2) is 12.3 Å². The molecule has 0 aliphatic heterocycles. The molecule has 0 aromatic carbocycles. The molecule has 1 aromatic rings. The van der Waals surface area contributed by atoms with Gasteiger partial charge in [-0.1, -0.05) is 20.3 Å². The van der Waals surface area contributed by atoms with Gasteiger partial charge in [-0.05, 0) is 18.9 Å². The number of nitrogens with zero attached hydrogens (tertiary/aromatic N) is 2. The quantitative estimate of drug-likeness (QED) is 0.604. The van der Waals surface area contributed by atoms with Crippen molar-refractivity contribution in [1.29, 1.82) is 0 Å². The summed E-state index contributed by atoms with van der Waals surface area (Å²) in [5.74, 6) is -0.710. The van der Waals surface area contributed by atoms with Gasteiger partial charge in [-0.3, -0.25) is 10.1 Å². The number of rotatable bonds is 6. The van der Waals surface area contributed by atoms with Crippen molar-refractivity contribution in [2.24, 2.45) is 5.92 Å². The molecule has 0 aliphatic rings. The van der Waals surface area contributed by atoms with Crippen LogP contribution >= 0.6 is 0 Å². The van der Waals surface area contributed by atoms with Crippen LogP contribution in [0.1, 0.15) is 25.8 Å². The van der Waals surface area contributed by atoms with Gasteiger partial charge >= 0.3 is 5.97 Å². The maximum atomic E-state index is 11.2. The van der Waals surface area contributed by atoms with Crippen LogP contribution in [0.5, 0.6) is 0 Å². The van der Waals surface area contributed by atoms with Crippen LogP contribution in [-0.2, 0) is 4.79 Å². The van der Waals surface area contributed by atoms with Crippen LogP contribution in [0.3, 0.4) is 0 Å². The summed E-state index contributed by atoms with van der Waals surface area (Å²) in [6.07, 6.45) is 1.84. The van der Waals surface area contributed by atoms with Crippen molar-refractivity contribution in [3.05, 3.63) is 27.9 Å². The highest BCUT2D eigenvalue weighted by Crippen LogP contribution is 2.20. The first-order valence-corrected chi connectivity index (χ1v) is 5.97. The van der Waals surface area contributed by atoms with E-state index in [0.717, 1.165) is 6.20 Å². The number of aryl methyl sites for hydroxylation is 1. The van der Waals surface area contributed by atoms with Gasteiger partial charge in [0.15, 0.2) is 0 Å². The van der Waals surface area contributed by atoms with Crippen LogP contribution in [0.4, 0.5) is 11.5 Å². The van der Waals surface area contributed by atoms with Crippen molar-refractivity contribution in [1.82, 2.24) is 4.98 Å². The summed E-state index contributed by atoms with van der Waals surface area (Å²) in [6.45, 7) is 5.31. The summed E-state index contributed by atoms with van der Waals surface area (Å²) in [4.78, 5) is 25.2. The molecule has 0 amide bonds. The number of carboxylic acid groups (broad SMARTS) is 1. The molecule has 0 bridgehead atoms. The number of pyridine rings is 1. The molecule has 2 atom stereocenters. The lowest BCUT2D eigenvalue weighted by Gasteiger charge is -2.20. The molecule has 19 heavy (non-hydrogen) atoms. The predicted octanol–water partition coefficient (Wildman–Crippen LogP) is 2.21. The Labute approximate surface area is 110 Å². The first-order chi connectivity index (χ1) is 8.86. The Hall–Kier alpha value is -2.18. The van der Waals surface area contributed by atoms with Gasteiger partial charge in [0, 0.05) is 5.56 Å². The van der Waals surface area contributed by atoms with Gasteiger partial charge in [0.2, 0.25) is 0 Å². The number of carbonyl (C=O) groups is 1. The Morgan fingerprint density at radius 1 is 1.63 bits per heavy atom. The van der Waals surface area contributed by atoms with E-state index in [2.05, 4.69) is 10.3 Å². The van der Waals surface area contributed by atoms with E-state index in [4.69, 9.17) is 5.11 Å². The van der Waals surface area contributed by atoms with Crippen molar-refractivity contribution in [2.45, 2.75) is 33.2 Å². The van der Waals surface area contributed by atoms with E-state index < -0.39 is 16.9 Å². The van der Waals surface area contributed by atoms with E-state index in [1.54, 1.807) is 6.92 Å². The lowest BCUT2D eigenvalue weighted by Crippen LogP contribution is -2.35. The fraction of sp³-hybridized carbons (Fsp3) is 0.500. The second-order valence-corrected chi connectivity index (χ2v) is 4.46. The topological polar surface area (TPSA) is 105 Å². The summed E-state index contributed by atoms with van der Waals surface area (Å²) >= 11 is 0. The molecular formula is C12H17N3O4. The summed E-state index contributed by atoms with van der Waals surface area (Å²) in [7, 11) is 0. The number of aromatic nitrogens is 1. The fourth-order valence-electron chi connectivity index (χ4n) is 1.66. The first-order valence-electron chi connectivity index (χ1n) is 5.97. The summed E-state index contributed by atoms with van der Waals surface area (Å²) in [6, 6.07) is 0.717. The van der Waals surface area contributed by atoms with Crippen LogP contribution < -0.4 is 5.32 Å². The second kappa shape index (κ2) is 6.12. The Bertz CT molecular complexity index is 490. The average molecular weight is 267 g/mol. The van der Waals surface area contributed by atoms with Gasteiger partial charge in [0.05, 0.1) is 4.92 Å². The Morgan fingerprint density at radius 2 is 2.26 bits per heavy atom. The molecule has 0 unspecified atom stereocenters. The number of hydrogen-bond donors (Lipinski definition) is 2. The van der Waals surface area contributed by atoms with Gasteiger partial charge < -0.3 is 10.4 Å². The fourth-order valence-corrected chi connectivity index (χ4v) is 1.66. The molecule has 1 aromatic heterocycles. The van der Waals surface area contributed by atoms with E-state index in [0.29, 0.717) is 17.8 Å². The highest BCUT2D eigenvalue weighted by atomic mass is 16.6. The van der Waals surface area contributed by atoms with Gasteiger partial charge in [-0.2, -0.15) is 0 Å². The third-order valence-electron chi connectivity index (χ3n) is 3.06. The molecule has 0 aliphatic carbocycles. The smallest absolute Gasteiger partial charge is 0.326 e. The third kappa shape index (κ3) is 3.64.